The minimum atomic E-state index is -0.581. The summed E-state index contributed by atoms with van der Waals surface area (Å²) in [5.41, 5.74) is 1.65. The maximum Gasteiger partial charge on any atom is 0.251 e. The number of rotatable bonds is 7. The molecule has 1 amide bonds. The van der Waals surface area contributed by atoms with E-state index in [1.807, 2.05) is 18.2 Å². The van der Waals surface area contributed by atoms with Crippen molar-refractivity contribution < 1.29 is 19.4 Å². The van der Waals surface area contributed by atoms with Crippen LogP contribution in [0.4, 0.5) is 0 Å². The van der Waals surface area contributed by atoms with Crippen molar-refractivity contribution in [1.29, 1.82) is 0 Å². The third-order valence-electron chi connectivity index (χ3n) is 5.19. The predicted octanol–water partition coefficient (Wildman–Crippen LogP) is 2.46. The Kier molecular flexibility index (Phi) is 7.72. The molecule has 0 bridgehead atoms. The van der Waals surface area contributed by atoms with Gasteiger partial charge in [0.1, 0.15) is 18.1 Å². The summed E-state index contributed by atoms with van der Waals surface area (Å²) < 4.78 is 10.6. The zero-order valence-corrected chi connectivity index (χ0v) is 17.2. The first kappa shape index (κ1) is 21.7. The Hall–Kier alpha value is -3.01. The molecule has 2 unspecified atom stereocenters. The van der Waals surface area contributed by atoms with E-state index >= 15 is 0 Å². The normalized spacial score (nSPS) is 19.4. The van der Waals surface area contributed by atoms with E-state index in [2.05, 4.69) is 22.2 Å². The Morgan fingerprint density at radius 2 is 2.07 bits per heavy atom. The lowest BCUT2D eigenvalue weighted by atomic mass is 10.1. The quantitative estimate of drug-likeness (QED) is 0.689. The summed E-state index contributed by atoms with van der Waals surface area (Å²) in [6, 6.07) is 14.4. The van der Waals surface area contributed by atoms with E-state index < -0.39 is 6.10 Å². The van der Waals surface area contributed by atoms with Crippen LogP contribution in [0, 0.1) is 12.3 Å². The van der Waals surface area contributed by atoms with Gasteiger partial charge in [-0.1, -0.05) is 18.1 Å². The van der Waals surface area contributed by atoms with Gasteiger partial charge in [-0.25, -0.2) is 0 Å². The third kappa shape index (κ3) is 5.99. The van der Waals surface area contributed by atoms with Gasteiger partial charge in [-0.3, -0.25) is 9.69 Å². The molecule has 0 spiro atoms. The highest BCUT2D eigenvalue weighted by Crippen LogP contribution is 2.19. The van der Waals surface area contributed by atoms with Crippen LogP contribution in [0.2, 0.25) is 0 Å². The molecule has 2 aromatic carbocycles. The number of carbonyl (C=O) groups is 1. The second-order valence-electron chi connectivity index (χ2n) is 7.39. The Morgan fingerprint density at radius 1 is 1.27 bits per heavy atom. The van der Waals surface area contributed by atoms with Crippen molar-refractivity contribution in [2.75, 3.05) is 26.8 Å². The molecule has 1 fully saturated rings. The minimum Gasteiger partial charge on any atom is -0.497 e. The van der Waals surface area contributed by atoms with Crippen LogP contribution in [0.3, 0.4) is 0 Å². The molecule has 6 heteroatoms. The summed E-state index contributed by atoms with van der Waals surface area (Å²) in [5.74, 6) is 3.62. The molecule has 2 atom stereocenters. The average Bonchev–Trinajstić information content (AvgIpc) is 2.93. The number of amides is 1. The van der Waals surface area contributed by atoms with Crippen molar-refractivity contribution >= 4 is 5.91 Å². The summed E-state index contributed by atoms with van der Waals surface area (Å²) in [5, 5.41) is 13.5. The molecular formula is C24H28N2O4. The number of nitrogens with one attached hydrogen (secondary N) is 1. The molecule has 1 aliphatic rings. The fourth-order valence-corrected chi connectivity index (χ4v) is 3.61. The molecule has 0 aliphatic carbocycles. The smallest absolute Gasteiger partial charge is 0.251 e. The minimum absolute atomic E-state index is 0.183. The SMILES string of the molecule is C#CCOc1ccc(C(=O)NC2CN(Cc3cccc(OC)c3)CCCC2O)cc1. The maximum atomic E-state index is 12.7. The number of methoxy groups -OCH3 is 1. The van der Waals surface area contributed by atoms with Gasteiger partial charge in [0.05, 0.1) is 19.3 Å². The van der Waals surface area contributed by atoms with Gasteiger partial charge >= 0.3 is 0 Å². The molecule has 2 N–H and O–H groups in total. The molecule has 1 aliphatic heterocycles. The van der Waals surface area contributed by atoms with Crippen molar-refractivity contribution in [3.63, 3.8) is 0 Å². The number of ether oxygens (including phenoxy) is 2. The molecule has 0 radical (unpaired) electrons. The van der Waals surface area contributed by atoms with Crippen LogP contribution in [-0.2, 0) is 6.54 Å². The number of carbonyl (C=O) groups excluding carboxylic acids is 1. The van der Waals surface area contributed by atoms with Crippen LogP contribution in [0.5, 0.6) is 11.5 Å². The van der Waals surface area contributed by atoms with E-state index in [9.17, 15) is 9.90 Å². The summed E-state index contributed by atoms with van der Waals surface area (Å²) in [6.07, 6.45) is 6.13. The van der Waals surface area contributed by atoms with E-state index in [1.54, 1.807) is 31.4 Å². The number of benzene rings is 2. The predicted molar refractivity (Wildman–Crippen MR) is 116 cm³/mol. The first-order valence-corrected chi connectivity index (χ1v) is 10.1. The van der Waals surface area contributed by atoms with Gasteiger partial charge in [-0.2, -0.15) is 0 Å². The van der Waals surface area contributed by atoms with Crippen molar-refractivity contribution in [2.24, 2.45) is 0 Å². The fraction of sp³-hybridized carbons (Fsp3) is 0.375. The van der Waals surface area contributed by atoms with Crippen molar-refractivity contribution in [1.82, 2.24) is 10.2 Å². The van der Waals surface area contributed by atoms with E-state index in [1.165, 1.54) is 0 Å². The van der Waals surface area contributed by atoms with Gasteiger partial charge in [0.2, 0.25) is 0 Å². The molecule has 30 heavy (non-hydrogen) atoms. The molecular weight excluding hydrogens is 380 g/mol. The Morgan fingerprint density at radius 3 is 2.80 bits per heavy atom. The number of hydrogen-bond donors (Lipinski definition) is 2. The first-order chi connectivity index (χ1) is 14.6. The van der Waals surface area contributed by atoms with Gasteiger partial charge < -0.3 is 19.9 Å². The molecule has 2 aromatic rings. The first-order valence-electron chi connectivity index (χ1n) is 10.1. The highest BCUT2D eigenvalue weighted by atomic mass is 16.5. The summed E-state index contributed by atoms with van der Waals surface area (Å²) in [7, 11) is 1.65. The van der Waals surface area contributed by atoms with Gasteiger partial charge in [0.25, 0.3) is 5.91 Å². The summed E-state index contributed by atoms with van der Waals surface area (Å²) in [6.45, 7) is 2.36. The van der Waals surface area contributed by atoms with Crippen molar-refractivity contribution in [2.45, 2.75) is 31.5 Å². The van der Waals surface area contributed by atoms with Crippen LogP contribution < -0.4 is 14.8 Å². The van der Waals surface area contributed by atoms with E-state index in [0.29, 0.717) is 24.3 Å². The lowest BCUT2D eigenvalue weighted by molar-refractivity contribution is 0.0798. The van der Waals surface area contributed by atoms with Crippen molar-refractivity contribution in [3.8, 4) is 23.8 Å². The molecule has 1 saturated heterocycles. The number of likely N-dealkylation sites (tertiary alicyclic amines) is 1. The summed E-state index contributed by atoms with van der Waals surface area (Å²) in [4.78, 5) is 15.0. The van der Waals surface area contributed by atoms with Gasteiger partial charge in [0.15, 0.2) is 0 Å². The van der Waals surface area contributed by atoms with Gasteiger partial charge in [-0.15, -0.1) is 6.42 Å². The standard InChI is InChI=1S/C24H28N2O4/c1-3-14-30-20-11-9-19(10-12-20)24(28)25-22-17-26(13-5-8-23(22)27)16-18-6-4-7-21(15-18)29-2/h1,4,6-7,9-12,15,22-23,27H,5,8,13-14,16-17H2,2H3,(H,25,28). The Labute approximate surface area is 177 Å². The molecule has 3 rings (SSSR count). The largest absolute Gasteiger partial charge is 0.497 e. The molecule has 1 heterocycles. The molecule has 158 valence electrons. The summed E-state index contributed by atoms with van der Waals surface area (Å²) >= 11 is 0. The van der Waals surface area contributed by atoms with Crippen molar-refractivity contribution in [3.05, 3.63) is 59.7 Å². The topological polar surface area (TPSA) is 71.0 Å². The second-order valence-corrected chi connectivity index (χ2v) is 7.39. The second kappa shape index (κ2) is 10.7. The van der Waals surface area contributed by atoms with E-state index in [4.69, 9.17) is 15.9 Å². The lowest BCUT2D eigenvalue weighted by Gasteiger charge is -2.27. The van der Waals surface area contributed by atoms with E-state index in [0.717, 1.165) is 30.8 Å². The number of terminal acetylenes is 1. The molecule has 0 aromatic heterocycles. The average molecular weight is 408 g/mol. The van der Waals surface area contributed by atoms with Gasteiger partial charge in [-0.05, 0) is 61.3 Å². The zero-order chi connectivity index (χ0) is 21.3. The highest BCUT2D eigenvalue weighted by molar-refractivity contribution is 5.94. The van der Waals surface area contributed by atoms with E-state index in [-0.39, 0.29) is 18.6 Å². The number of aliphatic hydroxyl groups excluding tert-OH is 1. The number of hydrogen-bond acceptors (Lipinski definition) is 5. The van der Waals surface area contributed by atoms with Crippen LogP contribution >= 0.6 is 0 Å². The monoisotopic (exact) mass is 408 g/mol. The lowest BCUT2D eigenvalue weighted by Crippen LogP contribution is -2.48. The maximum absolute atomic E-state index is 12.7. The highest BCUT2D eigenvalue weighted by Gasteiger charge is 2.27. The third-order valence-corrected chi connectivity index (χ3v) is 5.19. The number of aliphatic hydroxyl groups is 1. The fourth-order valence-electron chi connectivity index (χ4n) is 3.61. The number of nitrogens with zero attached hydrogens (tertiary/aromatic N) is 1. The van der Waals surface area contributed by atoms with Gasteiger partial charge in [0, 0.05) is 18.7 Å². The molecule has 0 saturated carbocycles. The Bertz CT molecular complexity index is 876. The van der Waals surface area contributed by atoms with Crippen LogP contribution in [0.1, 0.15) is 28.8 Å². The van der Waals surface area contributed by atoms with Crippen LogP contribution in [0.25, 0.3) is 0 Å². The van der Waals surface area contributed by atoms with Crippen LogP contribution in [-0.4, -0.2) is 54.9 Å². The Balaban J connectivity index is 1.63. The zero-order valence-electron chi connectivity index (χ0n) is 17.2. The van der Waals surface area contributed by atoms with Crippen LogP contribution in [0.15, 0.2) is 48.5 Å². The molecule has 6 nitrogen and oxygen atoms in total.